The van der Waals surface area contributed by atoms with Crippen molar-refractivity contribution in [3.63, 3.8) is 0 Å². The van der Waals surface area contributed by atoms with E-state index in [1.165, 1.54) is 24.2 Å². The average molecular weight is 407 g/mol. The van der Waals surface area contributed by atoms with Crippen LogP contribution in [0.2, 0.25) is 0 Å². The third kappa shape index (κ3) is 3.17. The Labute approximate surface area is 176 Å². The number of piperidine rings is 2. The van der Waals surface area contributed by atoms with E-state index in [-0.39, 0.29) is 11.1 Å². The Hall–Kier alpha value is -2.18. The largest absolute Gasteiger partial charge is 0.312 e. The van der Waals surface area contributed by atoms with Gasteiger partial charge in [0.25, 0.3) is 11.1 Å². The number of aromatic nitrogens is 2. The van der Waals surface area contributed by atoms with Gasteiger partial charge in [0, 0.05) is 87.7 Å². The summed E-state index contributed by atoms with van der Waals surface area (Å²) in [5.74, 6) is 2.17. The Bertz CT molecular complexity index is 988. The van der Waals surface area contributed by atoms with Gasteiger partial charge in [-0.05, 0) is 36.8 Å². The molecule has 158 valence electrons. The Morgan fingerprint density at radius 2 is 1.10 bits per heavy atom. The molecule has 4 bridgehead atoms. The smallest absolute Gasteiger partial charge is 0.250 e. The molecule has 2 aromatic heterocycles. The molecule has 0 N–H and O–H groups in total. The lowest BCUT2D eigenvalue weighted by molar-refractivity contribution is 0.0793. The maximum Gasteiger partial charge on any atom is 0.250 e. The summed E-state index contributed by atoms with van der Waals surface area (Å²) in [6.07, 6.45) is 2.44. The molecular formula is C24H30N4O2. The molecule has 30 heavy (non-hydrogen) atoms. The van der Waals surface area contributed by atoms with E-state index in [2.05, 4.69) is 21.9 Å². The second-order valence-corrected chi connectivity index (χ2v) is 9.92. The van der Waals surface area contributed by atoms with Gasteiger partial charge in [-0.25, -0.2) is 0 Å². The maximum atomic E-state index is 12.2. The first kappa shape index (κ1) is 18.6. The summed E-state index contributed by atoms with van der Waals surface area (Å²) in [5, 5.41) is 0. The number of rotatable bonds is 3. The zero-order valence-corrected chi connectivity index (χ0v) is 17.4. The normalized spacial score (nSPS) is 30.5. The van der Waals surface area contributed by atoms with Gasteiger partial charge in [-0.3, -0.25) is 9.59 Å². The summed E-state index contributed by atoms with van der Waals surface area (Å²) >= 11 is 0. The first-order valence-electron chi connectivity index (χ1n) is 11.5. The fourth-order valence-corrected chi connectivity index (χ4v) is 6.64. The van der Waals surface area contributed by atoms with Crippen LogP contribution < -0.4 is 11.1 Å². The van der Waals surface area contributed by atoms with Crippen LogP contribution in [-0.2, 0) is 13.1 Å². The SMILES string of the molecule is O=c1cccc2n1CC1CC2CN(CCN2CC3CC(C2)c2cccc(=O)n2C3)C1. The minimum absolute atomic E-state index is 0.162. The van der Waals surface area contributed by atoms with Crippen molar-refractivity contribution in [2.24, 2.45) is 11.8 Å². The summed E-state index contributed by atoms with van der Waals surface area (Å²) in [5.41, 5.74) is 2.79. The maximum absolute atomic E-state index is 12.2. The molecule has 4 aliphatic rings. The van der Waals surface area contributed by atoms with Gasteiger partial charge in [-0.1, -0.05) is 12.1 Å². The van der Waals surface area contributed by atoms with E-state index in [0.717, 1.165) is 52.4 Å². The monoisotopic (exact) mass is 406 g/mol. The number of likely N-dealkylation sites (tertiary alicyclic amines) is 2. The van der Waals surface area contributed by atoms with E-state index in [1.807, 2.05) is 21.3 Å². The molecule has 6 heterocycles. The Balaban J connectivity index is 1.12. The second-order valence-electron chi connectivity index (χ2n) is 9.92. The average Bonchev–Trinajstić information content (AvgIpc) is 2.74. The standard InChI is InChI=1S/C24H30N4O2/c29-23-5-1-3-21-19-9-17(13-27(21)23)11-25(15-19)7-8-26-12-18-10-20(16-26)22-4-2-6-24(30)28(22)14-18/h1-6,17-20H,7-16H2. The van der Waals surface area contributed by atoms with E-state index < -0.39 is 0 Å². The molecule has 2 fully saturated rings. The van der Waals surface area contributed by atoms with Gasteiger partial charge in [0.1, 0.15) is 0 Å². The molecule has 4 aliphatic heterocycles. The van der Waals surface area contributed by atoms with Gasteiger partial charge in [0.15, 0.2) is 0 Å². The third-order valence-electron chi connectivity index (χ3n) is 7.84. The molecular weight excluding hydrogens is 376 g/mol. The van der Waals surface area contributed by atoms with Crippen LogP contribution in [0.5, 0.6) is 0 Å². The first-order chi connectivity index (χ1) is 14.6. The predicted octanol–water partition coefficient (Wildman–Crippen LogP) is 1.55. The Kier molecular flexibility index (Phi) is 4.46. The molecule has 0 aromatic carbocycles. The van der Waals surface area contributed by atoms with Crippen LogP contribution in [0.15, 0.2) is 46.0 Å². The zero-order chi connectivity index (χ0) is 20.2. The quantitative estimate of drug-likeness (QED) is 0.776. The first-order valence-corrected chi connectivity index (χ1v) is 11.5. The van der Waals surface area contributed by atoms with Gasteiger partial charge in [0.05, 0.1) is 0 Å². The Morgan fingerprint density at radius 1 is 0.633 bits per heavy atom. The van der Waals surface area contributed by atoms with Gasteiger partial charge >= 0.3 is 0 Å². The summed E-state index contributed by atoms with van der Waals surface area (Å²) in [6.45, 7) is 8.31. The van der Waals surface area contributed by atoms with Gasteiger partial charge in [-0.2, -0.15) is 0 Å². The third-order valence-corrected chi connectivity index (χ3v) is 7.84. The highest BCUT2D eigenvalue weighted by Gasteiger charge is 2.36. The highest BCUT2D eigenvalue weighted by atomic mass is 16.1. The van der Waals surface area contributed by atoms with Crippen molar-refractivity contribution in [1.29, 1.82) is 0 Å². The lowest BCUT2D eigenvalue weighted by atomic mass is 9.82. The van der Waals surface area contributed by atoms with Crippen LogP contribution in [0.4, 0.5) is 0 Å². The number of hydrogen-bond acceptors (Lipinski definition) is 4. The number of fused-ring (bicyclic) bond motifs is 8. The van der Waals surface area contributed by atoms with Crippen molar-refractivity contribution in [3.8, 4) is 0 Å². The highest BCUT2D eigenvalue weighted by molar-refractivity contribution is 5.18. The van der Waals surface area contributed by atoms with E-state index >= 15 is 0 Å². The zero-order valence-electron chi connectivity index (χ0n) is 17.4. The number of pyridine rings is 2. The highest BCUT2D eigenvalue weighted by Crippen LogP contribution is 2.36. The lowest BCUT2D eigenvalue weighted by Gasteiger charge is -2.45. The van der Waals surface area contributed by atoms with Crippen LogP contribution in [-0.4, -0.2) is 58.2 Å². The molecule has 6 heteroatoms. The molecule has 0 aliphatic carbocycles. The van der Waals surface area contributed by atoms with Crippen molar-refractivity contribution in [2.75, 3.05) is 39.3 Å². The summed E-state index contributed by atoms with van der Waals surface area (Å²) in [6, 6.07) is 11.5. The molecule has 0 amide bonds. The van der Waals surface area contributed by atoms with Crippen molar-refractivity contribution in [2.45, 2.75) is 37.8 Å². The fraction of sp³-hybridized carbons (Fsp3) is 0.583. The molecule has 4 unspecified atom stereocenters. The number of hydrogen-bond donors (Lipinski definition) is 0. The van der Waals surface area contributed by atoms with Gasteiger partial charge in [-0.15, -0.1) is 0 Å². The van der Waals surface area contributed by atoms with Gasteiger partial charge in [0.2, 0.25) is 0 Å². The Morgan fingerprint density at radius 3 is 1.57 bits per heavy atom. The summed E-state index contributed by atoms with van der Waals surface area (Å²) in [4.78, 5) is 29.7. The lowest BCUT2D eigenvalue weighted by Crippen LogP contribution is -2.51. The van der Waals surface area contributed by atoms with Crippen LogP contribution in [0.1, 0.15) is 36.1 Å². The number of nitrogens with zero attached hydrogens (tertiary/aromatic N) is 4. The van der Waals surface area contributed by atoms with Crippen LogP contribution in [0.25, 0.3) is 0 Å². The summed E-state index contributed by atoms with van der Waals surface area (Å²) in [7, 11) is 0. The van der Waals surface area contributed by atoms with Gasteiger partial charge < -0.3 is 18.9 Å². The topological polar surface area (TPSA) is 50.5 Å². The fourth-order valence-electron chi connectivity index (χ4n) is 6.64. The van der Waals surface area contributed by atoms with Crippen molar-refractivity contribution in [3.05, 3.63) is 68.5 Å². The van der Waals surface area contributed by atoms with E-state index in [4.69, 9.17) is 0 Å². The minimum atomic E-state index is 0.162. The molecule has 2 aromatic rings. The van der Waals surface area contributed by atoms with Crippen molar-refractivity contribution >= 4 is 0 Å². The molecule has 4 atom stereocenters. The van der Waals surface area contributed by atoms with Crippen molar-refractivity contribution < 1.29 is 0 Å². The molecule has 6 rings (SSSR count). The van der Waals surface area contributed by atoms with E-state index in [0.29, 0.717) is 23.7 Å². The molecule has 2 saturated heterocycles. The van der Waals surface area contributed by atoms with E-state index in [1.54, 1.807) is 12.1 Å². The molecule has 0 spiro atoms. The summed E-state index contributed by atoms with van der Waals surface area (Å²) < 4.78 is 4.03. The van der Waals surface area contributed by atoms with Crippen LogP contribution >= 0.6 is 0 Å². The second kappa shape index (κ2) is 7.20. The molecule has 6 nitrogen and oxygen atoms in total. The minimum Gasteiger partial charge on any atom is -0.312 e. The predicted molar refractivity (Wildman–Crippen MR) is 116 cm³/mol. The molecule has 0 saturated carbocycles. The molecule has 0 radical (unpaired) electrons. The van der Waals surface area contributed by atoms with Crippen LogP contribution in [0, 0.1) is 11.8 Å². The van der Waals surface area contributed by atoms with Crippen molar-refractivity contribution in [1.82, 2.24) is 18.9 Å². The van der Waals surface area contributed by atoms with Crippen LogP contribution in [0.3, 0.4) is 0 Å². The van der Waals surface area contributed by atoms with E-state index in [9.17, 15) is 9.59 Å².